The Morgan fingerprint density at radius 3 is 2.47 bits per heavy atom. The lowest BCUT2D eigenvalue weighted by molar-refractivity contribution is 0.373. The lowest BCUT2D eigenvalue weighted by atomic mass is 10.2. The first-order valence-electron chi connectivity index (χ1n) is 5.03. The van der Waals surface area contributed by atoms with E-state index < -0.39 is 7.60 Å². The number of hydrogen-bond acceptors (Lipinski definition) is 2. The van der Waals surface area contributed by atoms with Crippen molar-refractivity contribution in [3.8, 4) is 0 Å². The first kappa shape index (κ1) is 14.1. The molecule has 0 atom stereocenters. The molecule has 17 heavy (non-hydrogen) atoms. The van der Waals surface area contributed by atoms with E-state index in [2.05, 4.69) is 10.6 Å². The summed E-state index contributed by atoms with van der Waals surface area (Å²) in [5, 5.41) is 6.00. The summed E-state index contributed by atoms with van der Waals surface area (Å²) in [6, 6.07) is 7.65. The smallest absolute Gasteiger partial charge is 0.327 e. The average molecular weight is 274 g/mol. The van der Waals surface area contributed by atoms with E-state index in [0.29, 0.717) is 5.11 Å². The van der Waals surface area contributed by atoms with Gasteiger partial charge in [0.2, 0.25) is 0 Å². The van der Waals surface area contributed by atoms with Gasteiger partial charge in [-0.1, -0.05) is 17.7 Å². The highest BCUT2D eigenvalue weighted by Gasteiger charge is 2.11. The molecule has 0 aliphatic carbocycles. The van der Waals surface area contributed by atoms with Gasteiger partial charge in [0.05, 0.1) is 6.16 Å². The zero-order valence-corrected chi connectivity index (χ0v) is 11.1. The van der Waals surface area contributed by atoms with Gasteiger partial charge >= 0.3 is 7.60 Å². The van der Waals surface area contributed by atoms with Gasteiger partial charge in [0, 0.05) is 12.2 Å². The molecule has 0 spiro atoms. The van der Waals surface area contributed by atoms with Crippen molar-refractivity contribution in [3.05, 3.63) is 29.8 Å². The quantitative estimate of drug-likeness (QED) is 0.491. The highest BCUT2D eigenvalue weighted by molar-refractivity contribution is 7.80. The van der Waals surface area contributed by atoms with Gasteiger partial charge in [-0.25, -0.2) is 0 Å². The van der Waals surface area contributed by atoms with Crippen LogP contribution in [0.4, 0.5) is 5.69 Å². The first-order valence-corrected chi connectivity index (χ1v) is 7.23. The second kappa shape index (κ2) is 6.12. The lowest BCUT2D eigenvalue weighted by Gasteiger charge is -2.11. The number of nitrogens with one attached hydrogen (secondary N) is 2. The van der Waals surface area contributed by atoms with Crippen LogP contribution < -0.4 is 10.6 Å². The van der Waals surface area contributed by atoms with Crippen LogP contribution in [0.3, 0.4) is 0 Å². The zero-order chi connectivity index (χ0) is 12.9. The molecule has 0 saturated carbocycles. The van der Waals surface area contributed by atoms with Gasteiger partial charge in [-0.05, 0) is 31.3 Å². The van der Waals surface area contributed by atoms with Crippen LogP contribution in [-0.4, -0.2) is 27.6 Å². The monoisotopic (exact) mass is 274 g/mol. The van der Waals surface area contributed by atoms with Crippen molar-refractivity contribution in [1.82, 2.24) is 5.32 Å². The highest BCUT2D eigenvalue weighted by Crippen LogP contribution is 2.32. The minimum Gasteiger partial charge on any atom is -0.362 e. The molecule has 1 aromatic rings. The number of anilines is 1. The summed E-state index contributed by atoms with van der Waals surface area (Å²) in [7, 11) is -3.96. The Bertz CT molecular complexity index is 430. The van der Waals surface area contributed by atoms with Crippen molar-refractivity contribution in [2.45, 2.75) is 6.92 Å². The zero-order valence-electron chi connectivity index (χ0n) is 9.38. The van der Waals surface area contributed by atoms with Crippen LogP contribution in [0.15, 0.2) is 24.3 Å². The summed E-state index contributed by atoms with van der Waals surface area (Å²) in [6.07, 6.45) is -0.233. The molecule has 1 aromatic carbocycles. The predicted molar refractivity (Wildman–Crippen MR) is 72.3 cm³/mol. The Hall–Kier alpha value is -0.940. The van der Waals surface area contributed by atoms with Gasteiger partial charge in [-0.2, -0.15) is 0 Å². The second-order valence-electron chi connectivity index (χ2n) is 3.64. The molecule has 0 heterocycles. The molecule has 1 rings (SSSR count). The summed E-state index contributed by atoms with van der Waals surface area (Å²) in [5.41, 5.74) is 1.99. The second-order valence-corrected chi connectivity index (χ2v) is 5.82. The van der Waals surface area contributed by atoms with Crippen molar-refractivity contribution in [2.75, 3.05) is 18.0 Å². The lowest BCUT2D eigenvalue weighted by Crippen LogP contribution is -2.30. The fourth-order valence-corrected chi connectivity index (χ4v) is 1.75. The van der Waals surface area contributed by atoms with Crippen molar-refractivity contribution in [2.24, 2.45) is 0 Å². The fourth-order valence-electron chi connectivity index (χ4n) is 1.13. The van der Waals surface area contributed by atoms with Crippen LogP contribution in [0.25, 0.3) is 0 Å². The SMILES string of the molecule is Cc1ccc(NC(=S)NCCP(=O)(O)O)cc1. The Kier molecular flexibility index (Phi) is 5.08. The molecule has 0 aliphatic heterocycles. The molecule has 4 N–H and O–H groups in total. The Morgan fingerprint density at radius 2 is 1.94 bits per heavy atom. The van der Waals surface area contributed by atoms with E-state index in [-0.39, 0.29) is 12.7 Å². The number of thiocarbonyl (C=S) groups is 1. The van der Waals surface area contributed by atoms with Crippen molar-refractivity contribution in [1.29, 1.82) is 0 Å². The van der Waals surface area contributed by atoms with Crippen molar-refractivity contribution in [3.63, 3.8) is 0 Å². The number of aryl methyl sites for hydroxylation is 1. The summed E-state index contributed by atoms with van der Waals surface area (Å²) in [4.78, 5) is 17.3. The van der Waals surface area contributed by atoms with Gasteiger partial charge in [0.15, 0.2) is 5.11 Å². The maximum Gasteiger partial charge on any atom is 0.327 e. The van der Waals surface area contributed by atoms with E-state index in [1.807, 2.05) is 31.2 Å². The molecule has 0 aliphatic rings. The topological polar surface area (TPSA) is 81.6 Å². The van der Waals surface area contributed by atoms with Gasteiger partial charge in [-0.15, -0.1) is 0 Å². The predicted octanol–water partition coefficient (Wildman–Crippen LogP) is 1.46. The maximum absolute atomic E-state index is 10.6. The highest BCUT2D eigenvalue weighted by atomic mass is 32.1. The van der Waals surface area contributed by atoms with Crippen molar-refractivity contribution >= 4 is 30.6 Å². The molecule has 0 amide bonds. The molecule has 94 valence electrons. The fraction of sp³-hybridized carbons (Fsp3) is 0.300. The normalized spacial score (nSPS) is 11.0. The number of rotatable bonds is 4. The van der Waals surface area contributed by atoms with E-state index in [4.69, 9.17) is 22.0 Å². The standard InChI is InChI=1S/C10H15N2O3PS/c1-8-2-4-9(5-3-8)12-10(17)11-6-7-16(13,14)15/h2-5H,6-7H2,1H3,(H2,11,12,17)(H2,13,14,15). The first-order chi connectivity index (χ1) is 7.87. The molecule has 0 radical (unpaired) electrons. The summed E-state index contributed by atoms with van der Waals surface area (Å²) in [6.45, 7) is 2.13. The van der Waals surface area contributed by atoms with Gasteiger partial charge < -0.3 is 20.4 Å². The summed E-state index contributed by atoms with van der Waals surface area (Å²) < 4.78 is 10.6. The molecule has 0 fully saturated rings. The van der Waals surface area contributed by atoms with Gasteiger partial charge in [-0.3, -0.25) is 4.57 Å². The van der Waals surface area contributed by atoms with E-state index in [1.165, 1.54) is 0 Å². The number of benzene rings is 1. The third-order valence-electron chi connectivity index (χ3n) is 2.00. The van der Waals surface area contributed by atoms with Crippen LogP contribution in [0, 0.1) is 6.92 Å². The molecular formula is C10H15N2O3PS. The molecule has 0 aromatic heterocycles. The third kappa shape index (κ3) is 6.38. The summed E-state index contributed by atoms with van der Waals surface area (Å²) in [5.74, 6) is 0. The summed E-state index contributed by atoms with van der Waals surface area (Å²) >= 11 is 4.98. The van der Waals surface area contributed by atoms with E-state index >= 15 is 0 Å². The van der Waals surface area contributed by atoms with E-state index in [1.54, 1.807) is 0 Å². The minimum absolute atomic E-state index is 0.141. The molecule has 7 heteroatoms. The van der Waals surface area contributed by atoms with Gasteiger partial charge in [0.1, 0.15) is 0 Å². The van der Waals surface area contributed by atoms with Crippen LogP contribution >= 0.6 is 19.8 Å². The molecular weight excluding hydrogens is 259 g/mol. The minimum atomic E-state index is -3.96. The van der Waals surface area contributed by atoms with Crippen LogP contribution in [-0.2, 0) is 4.57 Å². The van der Waals surface area contributed by atoms with Gasteiger partial charge in [0.25, 0.3) is 0 Å². The van der Waals surface area contributed by atoms with E-state index in [0.717, 1.165) is 11.3 Å². The Balaban J connectivity index is 2.35. The van der Waals surface area contributed by atoms with Crippen LogP contribution in [0.5, 0.6) is 0 Å². The maximum atomic E-state index is 10.6. The Labute approximate surface area is 105 Å². The molecule has 5 nitrogen and oxygen atoms in total. The third-order valence-corrected chi connectivity index (χ3v) is 3.05. The van der Waals surface area contributed by atoms with Crippen molar-refractivity contribution < 1.29 is 14.4 Å². The average Bonchev–Trinajstić information content (AvgIpc) is 2.19. The Morgan fingerprint density at radius 1 is 1.35 bits per heavy atom. The largest absolute Gasteiger partial charge is 0.362 e. The molecule has 0 saturated heterocycles. The van der Waals surface area contributed by atoms with E-state index in [9.17, 15) is 4.57 Å². The molecule has 0 bridgehead atoms. The van der Waals surface area contributed by atoms with Crippen LogP contribution in [0.2, 0.25) is 0 Å². The van der Waals surface area contributed by atoms with Crippen LogP contribution in [0.1, 0.15) is 5.56 Å². The molecule has 0 unspecified atom stereocenters. The number of hydrogen-bond donors (Lipinski definition) is 4.